The highest BCUT2D eigenvalue weighted by molar-refractivity contribution is 7.22. The van der Waals surface area contributed by atoms with Crippen molar-refractivity contribution in [2.24, 2.45) is 0 Å². The number of methoxy groups -OCH3 is 1. The maximum atomic E-state index is 5.46. The summed E-state index contributed by atoms with van der Waals surface area (Å²) in [7, 11) is 1.70. The van der Waals surface area contributed by atoms with Gasteiger partial charge in [-0.15, -0.1) is 11.3 Å². The molecule has 0 spiro atoms. The Morgan fingerprint density at radius 2 is 1.00 bits per heavy atom. The number of hydrogen-bond acceptors (Lipinski definition) is 3. The Balaban J connectivity index is 1.27. The van der Waals surface area contributed by atoms with E-state index in [0.717, 1.165) is 38.8 Å². The Kier molecular flexibility index (Phi) is 6.45. The summed E-state index contributed by atoms with van der Waals surface area (Å²) in [6.45, 7) is 2.15. The van der Waals surface area contributed by atoms with Crippen molar-refractivity contribution in [2.75, 3.05) is 7.11 Å². The van der Waals surface area contributed by atoms with Crippen LogP contribution in [0.1, 0.15) is 5.56 Å². The number of aryl methyl sites for hydroxylation is 1. The van der Waals surface area contributed by atoms with Gasteiger partial charge in [-0.2, -0.15) is 0 Å². The Bertz CT molecular complexity index is 2690. The first-order chi connectivity index (χ1) is 24.6. The second-order valence-electron chi connectivity index (χ2n) is 12.9. The Morgan fingerprint density at radius 3 is 1.48 bits per heavy atom. The van der Waals surface area contributed by atoms with E-state index in [0.29, 0.717) is 0 Å². The molecule has 0 atom stereocenters. The summed E-state index contributed by atoms with van der Waals surface area (Å²) in [5.74, 6) is 0.849. The lowest BCUT2D eigenvalue weighted by Gasteiger charge is -2.15. The number of rotatable bonds is 5. The smallest absolute Gasteiger partial charge is 0.124 e. The molecule has 238 valence electrons. The van der Waals surface area contributed by atoms with Crippen molar-refractivity contribution in [3.63, 3.8) is 0 Å². The van der Waals surface area contributed by atoms with Gasteiger partial charge in [0.25, 0.3) is 0 Å². The number of hydrogen-bond donors (Lipinski definition) is 0. The summed E-state index contributed by atoms with van der Waals surface area (Å²) in [5, 5.41) is 5.96. The summed E-state index contributed by atoms with van der Waals surface area (Å²) >= 11 is 1.76. The highest BCUT2D eigenvalue weighted by Crippen LogP contribution is 2.41. The third-order valence-electron chi connectivity index (χ3n) is 9.86. The van der Waals surface area contributed by atoms with Crippen molar-refractivity contribution in [1.82, 2.24) is 14.1 Å². The maximum absolute atomic E-state index is 5.46. The third-order valence-corrected chi connectivity index (χ3v) is 11.0. The van der Waals surface area contributed by atoms with Gasteiger partial charge in [-0.1, -0.05) is 84.9 Å². The third kappa shape index (κ3) is 4.40. The molecule has 3 aromatic heterocycles. The molecule has 0 aliphatic heterocycles. The van der Waals surface area contributed by atoms with Crippen molar-refractivity contribution in [1.29, 1.82) is 0 Å². The van der Waals surface area contributed by atoms with E-state index < -0.39 is 0 Å². The first-order valence-electron chi connectivity index (χ1n) is 16.8. The number of thiazole rings is 1. The van der Waals surface area contributed by atoms with Crippen molar-refractivity contribution in [2.45, 2.75) is 6.92 Å². The average molecular weight is 662 g/mol. The summed E-state index contributed by atoms with van der Waals surface area (Å²) in [4.78, 5) is 5.33. The summed E-state index contributed by atoms with van der Waals surface area (Å²) in [6.07, 6.45) is 0. The number of fused-ring (bicyclic) bond motifs is 7. The van der Waals surface area contributed by atoms with E-state index in [4.69, 9.17) is 9.72 Å². The highest BCUT2D eigenvalue weighted by atomic mass is 32.1. The molecule has 7 aromatic carbocycles. The zero-order valence-corrected chi connectivity index (χ0v) is 28.4. The predicted octanol–water partition coefficient (Wildman–Crippen LogP) is 12.1. The van der Waals surface area contributed by atoms with E-state index >= 15 is 0 Å². The molecule has 4 nitrogen and oxygen atoms in total. The molecule has 0 amide bonds. The molecule has 10 aromatic rings. The van der Waals surface area contributed by atoms with Crippen LogP contribution in [0.15, 0.2) is 152 Å². The fourth-order valence-electron chi connectivity index (χ4n) is 7.66. The van der Waals surface area contributed by atoms with Gasteiger partial charge < -0.3 is 13.9 Å². The van der Waals surface area contributed by atoms with Crippen LogP contribution in [0.2, 0.25) is 0 Å². The summed E-state index contributed by atoms with van der Waals surface area (Å²) < 4.78 is 11.4. The minimum absolute atomic E-state index is 0.849. The molecule has 0 bridgehead atoms. The lowest BCUT2D eigenvalue weighted by Crippen LogP contribution is -2.00. The molecule has 0 radical (unpaired) electrons. The normalized spacial score (nSPS) is 11.8. The van der Waals surface area contributed by atoms with Gasteiger partial charge in [0.2, 0.25) is 0 Å². The zero-order chi connectivity index (χ0) is 33.3. The van der Waals surface area contributed by atoms with E-state index in [1.165, 1.54) is 59.4 Å². The topological polar surface area (TPSA) is 32.0 Å². The average Bonchev–Trinajstić information content (AvgIpc) is 3.85. The molecule has 0 N–H and O–H groups in total. The van der Waals surface area contributed by atoms with Crippen LogP contribution in [0, 0.1) is 6.92 Å². The van der Waals surface area contributed by atoms with Crippen LogP contribution in [-0.2, 0) is 0 Å². The molecule has 10 rings (SSSR count). The summed E-state index contributed by atoms with van der Waals surface area (Å²) in [5.41, 5.74) is 12.5. The van der Waals surface area contributed by atoms with Gasteiger partial charge in [0.15, 0.2) is 0 Å². The number of benzene rings is 7. The number of ether oxygens (including phenoxy) is 1. The Labute approximate surface area is 293 Å². The van der Waals surface area contributed by atoms with Crippen molar-refractivity contribution >= 4 is 65.2 Å². The van der Waals surface area contributed by atoms with Gasteiger partial charge >= 0.3 is 0 Å². The molecule has 3 heterocycles. The monoisotopic (exact) mass is 661 g/mol. The molecule has 5 heteroatoms. The molecule has 0 aliphatic carbocycles. The van der Waals surface area contributed by atoms with Crippen LogP contribution in [0.4, 0.5) is 0 Å². The quantitative estimate of drug-likeness (QED) is 0.184. The molecule has 0 saturated heterocycles. The van der Waals surface area contributed by atoms with Crippen LogP contribution in [0.25, 0.3) is 86.9 Å². The van der Waals surface area contributed by atoms with Gasteiger partial charge in [0.1, 0.15) is 10.8 Å². The van der Waals surface area contributed by atoms with Gasteiger partial charge in [-0.25, -0.2) is 4.98 Å². The van der Waals surface area contributed by atoms with Crippen LogP contribution >= 0.6 is 11.3 Å². The van der Waals surface area contributed by atoms with Crippen LogP contribution in [-0.4, -0.2) is 21.2 Å². The van der Waals surface area contributed by atoms with Crippen LogP contribution in [0.3, 0.4) is 0 Å². The van der Waals surface area contributed by atoms with E-state index in [1.54, 1.807) is 18.4 Å². The molecule has 50 heavy (non-hydrogen) atoms. The van der Waals surface area contributed by atoms with Gasteiger partial charge in [-0.05, 0) is 84.8 Å². The standard InChI is InChI=1S/C45H31N3OS/c1-28-23-38(29-19-21-33(49-2)22-20-29)44-39(24-28)46-45(50-44)30-25-31(47-40-15-7-3-11-34(40)35-12-4-8-16-41(35)47)27-32(26-30)48-42-17-9-5-13-36(42)37-14-6-10-18-43(37)48/h3-27H,1-2H3. The second kappa shape index (κ2) is 11.2. The highest BCUT2D eigenvalue weighted by Gasteiger charge is 2.19. The Morgan fingerprint density at radius 1 is 0.520 bits per heavy atom. The van der Waals surface area contributed by atoms with Crippen molar-refractivity contribution in [3.05, 3.63) is 157 Å². The van der Waals surface area contributed by atoms with Gasteiger partial charge in [0, 0.05) is 44.0 Å². The first kappa shape index (κ1) is 28.8. The van der Waals surface area contributed by atoms with Crippen molar-refractivity contribution in [3.8, 4) is 38.8 Å². The predicted molar refractivity (Wildman–Crippen MR) is 210 cm³/mol. The van der Waals surface area contributed by atoms with Crippen LogP contribution < -0.4 is 4.74 Å². The van der Waals surface area contributed by atoms with E-state index in [-0.39, 0.29) is 0 Å². The van der Waals surface area contributed by atoms with Crippen LogP contribution in [0.5, 0.6) is 5.75 Å². The Hall–Kier alpha value is -6.17. The van der Waals surface area contributed by atoms with Crippen molar-refractivity contribution < 1.29 is 4.74 Å². The first-order valence-corrected chi connectivity index (χ1v) is 17.6. The number of nitrogens with zero attached hydrogens (tertiary/aromatic N) is 3. The lowest BCUT2D eigenvalue weighted by molar-refractivity contribution is 0.415. The lowest BCUT2D eigenvalue weighted by atomic mass is 10.0. The summed E-state index contributed by atoms with van der Waals surface area (Å²) in [6, 6.07) is 54.6. The minimum Gasteiger partial charge on any atom is -0.497 e. The minimum atomic E-state index is 0.849. The zero-order valence-electron chi connectivity index (χ0n) is 27.6. The molecular formula is C45H31N3OS. The SMILES string of the molecule is COc1ccc(-c2cc(C)cc3nc(-c4cc(-n5c6ccccc6c6ccccc65)cc(-n5c6ccccc6c6ccccc65)c4)sc23)cc1. The maximum Gasteiger partial charge on any atom is 0.124 e. The molecule has 0 aliphatic rings. The molecule has 0 fully saturated rings. The molecular weight excluding hydrogens is 631 g/mol. The molecule has 0 unspecified atom stereocenters. The second-order valence-corrected chi connectivity index (χ2v) is 13.9. The van der Waals surface area contributed by atoms with Gasteiger partial charge in [0.05, 0.1) is 39.4 Å². The van der Waals surface area contributed by atoms with Gasteiger partial charge in [-0.3, -0.25) is 0 Å². The largest absolute Gasteiger partial charge is 0.497 e. The fraction of sp³-hybridized carbons (Fsp3) is 0.0444. The van der Waals surface area contributed by atoms with E-state index in [2.05, 4.69) is 156 Å². The van der Waals surface area contributed by atoms with E-state index in [9.17, 15) is 0 Å². The fourth-order valence-corrected chi connectivity index (χ4v) is 8.73. The molecule has 0 saturated carbocycles. The number of para-hydroxylation sites is 4. The van der Waals surface area contributed by atoms with E-state index in [1.807, 2.05) is 12.1 Å². The number of aromatic nitrogens is 3.